The minimum atomic E-state index is -0.283. The van der Waals surface area contributed by atoms with Crippen LogP contribution in [-0.2, 0) is 9.59 Å². The molecule has 0 atom stereocenters. The molecule has 0 fully saturated rings. The van der Waals surface area contributed by atoms with Gasteiger partial charge in [-0.25, -0.2) is 0 Å². The number of nitrogens with zero attached hydrogens (tertiary/aromatic N) is 1. The first-order chi connectivity index (χ1) is 13.5. The van der Waals surface area contributed by atoms with Gasteiger partial charge in [0.2, 0.25) is 5.91 Å². The van der Waals surface area contributed by atoms with Gasteiger partial charge >= 0.3 is 0 Å². The van der Waals surface area contributed by atoms with Crippen molar-refractivity contribution in [2.75, 3.05) is 30.3 Å². The highest BCUT2D eigenvalue weighted by Gasteiger charge is 2.24. The molecular formula is C22H23N3O3. The molecule has 144 valence electrons. The molecule has 0 aliphatic carbocycles. The molecule has 1 heterocycles. The summed E-state index contributed by atoms with van der Waals surface area (Å²) in [5.41, 5.74) is 2.87. The number of para-hydroxylation sites is 1. The van der Waals surface area contributed by atoms with E-state index in [1.54, 1.807) is 36.4 Å². The number of likely N-dealkylation sites (N-methyl/N-ethyl adjacent to an activating group) is 1. The van der Waals surface area contributed by atoms with Crippen LogP contribution in [0, 0.1) is 0 Å². The van der Waals surface area contributed by atoms with Gasteiger partial charge in [0.25, 0.3) is 5.91 Å². The first-order valence-corrected chi connectivity index (χ1v) is 9.30. The Hall–Kier alpha value is -3.25. The van der Waals surface area contributed by atoms with Gasteiger partial charge in [-0.15, -0.1) is 0 Å². The van der Waals surface area contributed by atoms with Crippen LogP contribution in [0.3, 0.4) is 0 Å². The smallest absolute Gasteiger partial charge is 0.256 e. The number of ketones is 1. The summed E-state index contributed by atoms with van der Waals surface area (Å²) in [5.74, 6) is -0.637. The number of hydrogen-bond donors (Lipinski definition) is 2. The summed E-state index contributed by atoms with van der Waals surface area (Å²) >= 11 is 0. The zero-order chi connectivity index (χ0) is 20.1. The molecule has 1 aliphatic rings. The number of benzene rings is 2. The van der Waals surface area contributed by atoms with Gasteiger partial charge in [-0.1, -0.05) is 32.0 Å². The van der Waals surface area contributed by atoms with Gasteiger partial charge in [0, 0.05) is 22.5 Å². The van der Waals surface area contributed by atoms with Crippen LogP contribution in [0.4, 0.5) is 11.4 Å². The van der Waals surface area contributed by atoms with Crippen molar-refractivity contribution in [3.8, 4) is 0 Å². The van der Waals surface area contributed by atoms with E-state index in [-0.39, 0.29) is 17.6 Å². The molecule has 0 spiro atoms. The number of nitrogens with one attached hydrogen (secondary N) is 2. The Morgan fingerprint density at radius 2 is 1.71 bits per heavy atom. The van der Waals surface area contributed by atoms with E-state index in [0.29, 0.717) is 29.1 Å². The summed E-state index contributed by atoms with van der Waals surface area (Å²) in [4.78, 5) is 38.8. The monoisotopic (exact) mass is 377 g/mol. The van der Waals surface area contributed by atoms with E-state index >= 15 is 0 Å². The first-order valence-electron chi connectivity index (χ1n) is 9.30. The quantitative estimate of drug-likeness (QED) is 0.574. The number of carbonyl (C=O) groups excluding carboxylic acids is 3. The van der Waals surface area contributed by atoms with E-state index in [1.807, 2.05) is 30.9 Å². The van der Waals surface area contributed by atoms with Gasteiger partial charge in [-0.05, 0) is 49.5 Å². The first kappa shape index (κ1) is 19.5. The van der Waals surface area contributed by atoms with Gasteiger partial charge in [-0.2, -0.15) is 0 Å². The summed E-state index contributed by atoms with van der Waals surface area (Å²) in [7, 11) is 0. The molecule has 28 heavy (non-hydrogen) atoms. The standard InChI is InChI=1S/C22H23N3O3/c1-3-25(4-2)14-21(27)23-16-11-9-15(10-12-16)20(26)13-18-17-7-5-6-8-19(17)24-22(18)28/h5-13H,3-4,14H2,1-2H3,(H,23,27)(H,24,28)/b18-13-. The summed E-state index contributed by atoms with van der Waals surface area (Å²) in [6.07, 6.45) is 1.36. The molecular weight excluding hydrogens is 354 g/mol. The number of allylic oxidation sites excluding steroid dienone is 1. The second-order valence-corrected chi connectivity index (χ2v) is 6.51. The highest BCUT2D eigenvalue weighted by atomic mass is 16.2. The number of rotatable bonds is 7. The summed E-state index contributed by atoms with van der Waals surface area (Å²) in [6.45, 7) is 5.96. The molecule has 0 unspecified atom stereocenters. The predicted molar refractivity (Wildman–Crippen MR) is 110 cm³/mol. The number of amides is 2. The molecule has 6 nitrogen and oxygen atoms in total. The molecule has 0 aromatic heterocycles. The van der Waals surface area contributed by atoms with Crippen LogP contribution in [-0.4, -0.2) is 42.1 Å². The number of fused-ring (bicyclic) bond motifs is 1. The molecule has 0 saturated heterocycles. The molecule has 0 bridgehead atoms. The van der Waals surface area contributed by atoms with E-state index in [2.05, 4.69) is 10.6 Å². The second kappa shape index (κ2) is 8.63. The molecule has 2 aromatic carbocycles. The number of hydrogen-bond acceptors (Lipinski definition) is 4. The van der Waals surface area contributed by atoms with Crippen molar-refractivity contribution in [2.24, 2.45) is 0 Å². The maximum Gasteiger partial charge on any atom is 0.256 e. The number of carbonyl (C=O) groups is 3. The molecule has 2 aromatic rings. The van der Waals surface area contributed by atoms with Gasteiger partial charge in [0.15, 0.2) is 5.78 Å². The van der Waals surface area contributed by atoms with Crippen molar-refractivity contribution in [2.45, 2.75) is 13.8 Å². The topological polar surface area (TPSA) is 78.5 Å². The Kier molecular flexibility index (Phi) is 6.01. The molecule has 0 saturated carbocycles. The Morgan fingerprint density at radius 1 is 1.04 bits per heavy atom. The fraction of sp³-hybridized carbons (Fsp3) is 0.227. The second-order valence-electron chi connectivity index (χ2n) is 6.51. The lowest BCUT2D eigenvalue weighted by atomic mass is 10.0. The Bertz CT molecular complexity index is 928. The third-order valence-electron chi connectivity index (χ3n) is 4.70. The fourth-order valence-electron chi connectivity index (χ4n) is 3.07. The summed E-state index contributed by atoms with van der Waals surface area (Å²) < 4.78 is 0. The number of anilines is 2. The van der Waals surface area contributed by atoms with Crippen LogP contribution in [0.5, 0.6) is 0 Å². The molecule has 3 rings (SSSR count). The van der Waals surface area contributed by atoms with Crippen LogP contribution in [0.2, 0.25) is 0 Å². The van der Waals surface area contributed by atoms with Crippen LogP contribution < -0.4 is 10.6 Å². The lowest BCUT2D eigenvalue weighted by molar-refractivity contribution is -0.117. The molecule has 6 heteroatoms. The van der Waals surface area contributed by atoms with Gasteiger partial charge in [0.1, 0.15) is 0 Å². The Labute approximate surface area is 164 Å². The zero-order valence-corrected chi connectivity index (χ0v) is 16.0. The molecule has 2 N–H and O–H groups in total. The van der Waals surface area contributed by atoms with E-state index in [1.165, 1.54) is 6.08 Å². The van der Waals surface area contributed by atoms with Crippen LogP contribution in [0.1, 0.15) is 29.8 Å². The highest BCUT2D eigenvalue weighted by Crippen LogP contribution is 2.31. The lowest BCUT2D eigenvalue weighted by Gasteiger charge is -2.17. The Morgan fingerprint density at radius 3 is 2.39 bits per heavy atom. The zero-order valence-electron chi connectivity index (χ0n) is 16.0. The van der Waals surface area contributed by atoms with Crippen LogP contribution in [0.15, 0.2) is 54.6 Å². The van der Waals surface area contributed by atoms with Crippen LogP contribution >= 0.6 is 0 Å². The minimum absolute atomic E-state index is 0.0934. The SMILES string of the molecule is CCN(CC)CC(=O)Nc1ccc(C(=O)/C=C2\C(=O)Nc3ccccc32)cc1. The Balaban J connectivity index is 1.69. The summed E-state index contributed by atoms with van der Waals surface area (Å²) in [5, 5.41) is 5.58. The molecule has 1 aliphatic heterocycles. The van der Waals surface area contributed by atoms with E-state index in [0.717, 1.165) is 18.7 Å². The normalized spacial score (nSPS) is 14.1. The third kappa shape index (κ3) is 4.35. The summed E-state index contributed by atoms with van der Waals surface area (Å²) in [6, 6.07) is 13.9. The van der Waals surface area contributed by atoms with Gasteiger partial charge in [-0.3, -0.25) is 19.3 Å². The average Bonchev–Trinajstić information content (AvgIpc) is 3.02. The van der Waals surface area contributed by atoms with Crippen molar-refractivity contribution in [3.05, 3.63) is 65.7 Å². The van der Waals surface area contributed by atoms with Crippen LogP contribution in [0.25, 0.3) is 5.57 Å². The fourth-order valence-corrected chi connectivity index (χ4v) is 3.07. The molecule has 2 amide bonds. The van der Waals surface area contributed by atoms with E-state index in [4.69, 9.17) is 0 Å². The van der Waals surface area contributed by atoms with Crippen molar-refractivity contribution < 1.29 is 14.4 Å². The van der Waals surface area contributed by atoms with E-state index in [9.17, 15) is 14.4 Å². The minimum Gasteiger partial charge on any atom is -0.325 e. The van der Waals surface area contributed by atoms with Gasteiger partial charge < -0.3 is 10.6 Å². The maximum absolute atomic E-state index is 12.6. The van der Waals surface area contributed by atoms with Crippen molar-refractivity contribution in [3.63, 3.8) is 0 Å². The van der Waals surface area contributed by atoms with Crippen molar-refractivity contribution in [1.29, 1.82) is 0 Å². The van der Waals surface area contributed by atoms with Gasteiger partial charge in [0.05, 0.1) is 12.1 Å². The largest absolute Gasteiger partial charge is 0.325 e. The lowest BCUT2D eigenvalue weighted by Crippen LogP contribution is -2.32. The highest BCUT2D eigenvalue weighted by molar-refractivity contribution is 6.35. The predicted octanol–water partition coefficient (Wildman–Crippen LogP) is 3.19. The van der Waals surface area contributed by atoms with Crippen molar-refractivity contribution >= 4 is 34.5 Å². The average molecular weight is 377 g/mol. The maximum atomic E-state index is 12.6. The van der Waals surface area contributed by atoms with Crippen molar-refractivity contribution in [1.82, 2.24) is 4.90 Å². The van der Waals surface area contributed by atoms with E-state index < -0.39 is 0 Å². The third-order valence-corrected chi connectivity index (χ3v) is 4.70. The molecule has 0 radical (unpaired) electrons.